The maximum Gasteiger partial charge on any atom is 0.134 e. The third-order valence-electron chi connectivity index (χ3n) is 5.98. The van der Waals surface area contributed by atoms with Gasteiger partial charge in [0.25, 0.3) is 0 Å². The number of ketones is 1. The second-order valence-corrected chi connectivity index (χ2v) is 8.89. The van der Waals surface area contributed by atoms with E-state index >= 15 is 0 Å². The predicted octanol–water partition coefficient (Wildman–Crippen LogP) is 6.15. The van der Waals surface area contributed by atoms with Crippen LogP contribution in [0.2, 0.25) is 0 Å². The smallest absolute Gasteiger partial charge is 0.134 e. The van der Waals surface area contributed by atoms with Gasteiger partial charge in [-0.3, -0.25) is 9.79 Å². The number of hydrogen-bond donors (Lipinski definition) is 0. The lowest BCUT2D eigenvalue weighted by Crippen LogP contribution is -2.22. The summed E-state index contributed by atoms with van der Waals surface area (Å²) in [5.41, 5.74) is 7.91. The molecule has 0 fully saturated rings. The molecule has 0 saturated carbocycles. The van der Waals surface area contributed by atoms with Crippen LogP contribution in [0.3, 0.4) is 0 Å². The standard InChI is InChI=1S/C25H35NO/c1-17(2)25(6,7)15-23(24-18(3)16-26-20(24)5)13-12-21-8-10-22(11-9-21)14-19(4)27/h8-11,23H,1,12-16H2,2-7H3. The third kappa shape index (κ3) is 5.76. The predicted molar refractivity (Wildman–Crippen MR) is 117 cm³/mol. The Balaban J connectivity index is 2.15. The highest BCUT2D eigenvalue weighted by atomic mass is 16.1. The normalized spacial score (nSPS) is 15.7. The van der Waals surface area contributed by atoms with Gasteiger partial charge in [-0.05, 0) is 80.6 Å². The van der Waals surface area contributed by atoms with Crippen LogP contribution in [-0.4, -0.2) is 18.0 Å². The van der Waals surface area contributed by atoms with Gasteiger partial charge in [-0.2, -0.15) is 0 Å². The van der Waals surface area contributed by atoms with E-state index in [1.165, 1.54) is 28.0 Å². The van der Waals surface area contributed by atoms with Crippen molar-refractivity contribution in [3.8, 4) is 0 Å². The van der Waals surface area contributed by atoms with Crippen LogP contribution in [-0.2, 0) is 17.6 Å². The van der Waals surface area contributed by atoms with Gasteiger partial charge in [0.05, 0.1) is 6.54 Å². The molecule has 0 spiro atoms. The number of rotatable bonds is 9. The van der Waals surface area contributed by atoms with E-state index in [4.69, 9.17) is 0 Å². The molecule has 0 bridgehead atoms. The lowest BCUT2D eigenvalue weighted by atomic mass is 9.73. The van der Waals surface area contributed by atoms with E-state index in [-0.39, 0.29) is 11.2 Å². The molecule has 2 rings (SSSR count). The van der Waals surface area contributed by atoms with E-state index in [2.05, 4.69) is 70.5 Å². The number of Topliss-reactive ketones (excluding diaryl/α,β-unsaturated/α-hetero) is 1. The summed E-state index contributed by atoms with van der Waals surface area (Å²) >= 11 is 0. The summed E-state index contributed by atoms with van der Waals surface area (Å²) in [6.07, 6.45) is 3.78. The zero-order valence-electron chi connectivity index (χ0n) is 18.0. The fourth-order valence-corrected chi connectivity index (χ4v) is 3.95. The van der Waals surface area contributed by atoms with Gasteiger partial charge >= 0.3 is 0 Å². The van der Waals surface area contributed by atoms with Crippen molar-refractivity contribution in [1.29, 1.82) is 0 Å². The van der Waals surface area contributed by atoms with E-state index in [9.17, 15) is 4.79 Å². The maximum absolute atomic E-state index is 11.3. The first-order chi connectivity index (χ1) is 12.6. The van der Waals surface area contributed by atoms with Crippen LogP contribution in [0, 0.1) is 11.3 Å². The molecule has 1 aliphatic heterocycles. The molecule has 0 saturated heterocycles. The maximum atomic E-state index is 11.3. The molecule has 1 aromatic rings. The number of carbonyl (C=O) groups is 1. The van der Waals surface area contributed by atoms with Crippen molar-refractivity contribution < 1.29 is 4.79 Å². The fourth-order valence-electron chi connectivity index (χ4n) is 3.95. The van der Waals surface area contributed by atoms with Gasteiger partial charge in [0.1, 0.15) is 5.78 Å². The highest BCUT2D eigenvalue weighted by Gasteiger charge is 2.29. The molecule has 0 amide bonds. The molecule has 0 radical (unpaired) electrons. The minimum atomic E-state index is 0.117. The Morgan fingerprint density at radius 2 is 1.74 bits per heavy atom. The van der Waals surface area contributed by atoms with Crippen LogP contribution in [0.5, 0.6) is 0 Å². The van der Waals surface area contributed by atoms with Crippen LogP contribution >= 0.6 is 0 Å². The molecule has 2 heteroatoms. The van der Waals surface area contributed by atoms with E-state index in [1.54, 1.807) is 6.92 Å². The molecule has 27 heavy (non-hydrogen) atoms. The topological polar surface area (TPSA) is 29.4 Å². The quantitative estimate of drug-likeness (QED) is 0.483. The Morgan fingerprint density at radius 1 is 1.15 bits per heavy atom. The minimum Gasteiger partial charge on any atom is -0.300 e. The van der Waals surface area contributed by atoms with Crippen molar-refractivity contribution in [2.75, 3.05) is 6.54 Å². The molecule has 0 N–H and O–H groups in total. The number of aryl methyl sites for hydroxylation is 1. The van der Waals surface area contributed by atoms with Crippen molar-refractivity contribution in [2.24, 2.45) is 16.3 Å². The number of allylic oxidation sites excluding steroid dienone is 2. The average molecular weight is 366 g/mol. The molecular weight excluding hydrogens is 330 g/mol. The second-order valence-electron chi connectivity index (χ2n) is 8.89. The second kappa shape index (κ2) is 8.82. The minimum absolute atomic E-state index is 0.117. The third-order valence-corrected chi connectivity index (χ3v) is 5.98. The molecule has 2 nitrogen and oxygen atoms in total. The number of nitrogens with zero attached hydrogens (tertiary/aromatic N) is 1. The van der Waals surface area contributed by atoms with Crippen LogP contribution < -0.4 is 0 Å². The van der Waals surface area contributed by atoms with Gasteiger partial charge in [0, 0.05) is 12.1 Å². The van der Waals surface area contributed by atoms with Gasteiger partial charge in [0.2, 0.25) is 0 Å². The Morgan fingerprint density at radius 3 is 2.22 bits per heavy atom. The van der Waals surface area contributed by atoms with Crippen LogP contribution in [0.4, 0.5) is 0 Å². The fraction of sp³-hybridized carbons (Fsp3) is 0.520. The Kier molecular flexibility index (Phi) is 6.97. The molecule has 1 heterocycles. The summed E-state index contributed by atoms with van der Waals surface area (Å²) in [6, 6.07) is 8.54. The van der Waals surface area contributed by atoms with Gasteiger partial charge in [-0.1, -0.05) is 50.3 Å². The van der Waals surface area contributed by atoms with Crippen molar-refractivity contribution in [2.45, 2.75) is 67.2 Å². The first kappa shape index (κ1) is 21.3. The Hall–Kier alpha value is -1.96. The molecule has 0 aromatic heterocycles. The van der Waals surface area contributed by atoms with E-state index in [1.807, 2.05) is 0 Å². The summed E-state index contributed by atoms with van der Waals surface area (Å²) in [6.45, 7) is 17.8. The van der Waals surface area contributed by atoms with Gasteiger partial charge in [-0.25, -0.2) is 0 Å². The van der Waals surface area contributed by atoms with Crippen molar-refractivity contribution in [3.05, 3.63) is 58.7 Å². The molecule has 1 atom stereocenters. The van der Waals surface area contributed by atoms with E-state index in [0.717, 1.165) is 31.4 Å². The van der Waals surface area contributed by atoms with Crippen molar-refractivity contribution in [3.63, 3.8) is 0 Å². The molecule has 1 aliphatic rings. The number of hydrogen-bond acceptors (Lipinski definition) is 2. The number of benzene rings is 1. The van der Waals surface area contributed by atoms with Gasteiger partial charge < -0.3 is 0 Å². The van der Waals surface area contributed by atoms with Gasteiger partial charge in [0.15, 0.2) is 0 Å². The lowest BCUT2D eigenvalue weighted by Gasteiger charge is -2.32. The summed E-state index contributed by atoms with van der Waals surface area (Å²) < 4.78 is 0. The Bertz CT molecular complexity index is 762. The van der Waals surface area contributed by atoms with Crippen LogP contribution in [0.15, 0.2) is 52.6 Å². The zero-order chi connectivity index (χ0) is 20.2. The average Bonchev–Trinajstić information content (AvgIpc) is 2.91. The van der Waals surface area contributed by atoms with Gasteiger partial charge in [-0.15, -0.1) is 0 Å². The Labute approximate surface area is 165 Å². The SMILES string of the molecule is C=C(C)C(C)(C)CC(CCc1ccc(CC(C)=O)cc1)C1=C(C)CN=C1C. The largest absolute Gasteiger partial charge is 0.300 e. The molecular formula is C25H35NO. The van der Waals surface area contributed by atoms with E-state index in [0.29, 0.717) is 12.3 Å². The number of carbonyl (C=O) groups excluding carboxylic acids is 1. The molecule has 1 unspecified atom stereocenters. The molecule has 1 aromatic carbocycles. The van der Waals surface area contributed by atoms with E-state index < -0.39 is 0 Å². The van der Waals surface area contributed by atoms with Crippen LogP contribution in [0.25, 0.3) is 0 Å². The summed E-state index contributed by atoms with van der Waals surface area (Å²) in [4.78, 5) is 16.0. The summed E-state index contributed by atoms with van der Waals surface area (Å²) in [5.74, 6) is 0.711. The molecule has 146 valence electrons. The van der Waals surface area contributed by atoms with Crippen molar-refractivity contribution in [1.82, 2.24) is 0 Å². The van der Waals surface area contributed by atoms with Crippen LogP contribution in [0.1, 0.15) is 65.5 Å². The first-order valence-electron chi connectivity index (χ1n) is 10.0. The van der Waals surface area contributed by atoms with Crippen molar-refractivity contribution >= 4 is 11.5 Å². The molecule has 0 aliphatic carbocycles. The highest BCUT2D eigenvalue weighted by Crippen LogP contribution is 2.39. The zero-order valence-corrected chi connectivity index (χ0v) is 18.0. The monoisotopic (exact) mass is 365 g/mol. The number of aliphatic imine (C=N–C) groups is 1. The first-order valence-corrected chi connectivity index (χ1v) is 10.0. The summed E-state index contributed by atoms with van der Waals surface area (Å²) in [7, 11) is 0. The summed E-state index contributed by atoms with van der Waals surface area (Å²) in [5, 5.41) is 0. The highest BCUT2D eigenvalue weighted by molar-refractivity contribution is 6.01. The lowest BCUT2D eigenvalue weighted by molar-refractivity contribution is -0.116.